The number of rotatable bonds is 7. The first-order valence-corrected chi connectivity index (χ1v) is 10.2. The van der Waals surface area contributed by atoms with E-state index in [1.165, 1.54) is 5.56 Å². The third-order valence-corrected chi connectivity index (χ3v) is 5.01. The van der Waals surface area contributed by atoms with Crippen LogP contribution in [0.4, 0.5) is 10.5 Å². The van der Waals surface area contributed by atoms with Crippen LogP contribution in [-0.4, -0.2) is 30.6 Å². The molecule has 0 aromatic heterocycles. The molecule has 0 unspecified atom stereocenters. The molecule has 3 N–H and O–H groups in total. The lowest BCUT2D eigenvalue weighted by Gasteiger charge is -2.27. The minimum Gasteiger partial charge on any atom is -0.452 e. The summed E-state index contributed by atoms with van der Waals surface area (Å²) in [5.74, 6) is -0.860. The van der Waals surface area contributed by atoms with Gasteiger partial charge in [0.25, 0.3) is 5.91 Å². The van der Waals surface area contributed by atoms with Crippen LogP contribution in [0, 0.1) is 0 Å². The SMILES string of the molecule is C[C@@H](OC(=O)CCNC(=O)Nc1ccccc1)C(=O)N[C@@H]1CCCc2ccccc21. The highest BCUT2D eigenvalue weighted by Crippen LogP contribution is 2.29. The third-order valence-electron chi connectivity index (χ3n) is 5.01. The van der Waals surface area contributed by atoms with Gasteiger partial charge in [0.2, 0.25) is 0 Å². The fourth-order valence-corrected chi connectivity index (χ4v) is 3.48. The third kappa shape index (κ3) is 6.07. The predicted octanol–water partition coefficient (Wildman–Crippen LogP) is 3.32. The van der Waals surface area contributed by atoms with Crippen LogP contribution in [0.15, 0.2) is 54.6 Å². The molecule has 30 heavy (non-hydrogen) atoms. The maximum atomic E-state index is 12.5. The van der Waals surface area contributed by atoms with Crippen LogP contribution in [0.5, 0.6) is 0 Å². The zero-order valence-electron chi connectivity index (χ0n) is 17.0. The van der Waals surface area contributed by atoms with Gasteiger partial charge in [0.05, 0.1) is 12.5 Å². The van der Waals surface area contributed by atoms with Crippen LogP contribution >= 0.6 is 0 Å². The minimum atomic E-state index is -0.898. The molecule has 0 heterocycles. The van der Waals surface area contributed by atoms with E-state index in [1.807, 2.05) is 36.4 Å². The van der Waals surface area contributed by atoms with Gasteiger partial charge in [-0.15, -0.1) is 0 Å². The van der Waals surface area contributed by atoms with Crippen LogP contribution in [-0.2, 0) is 20.7 Å². The van der Waals surface area contributed by atoms with Crippen molar-refractivity contribution in [2.24, 2.45) is 0 Å². The van der Waals surface area contributed by atoms with E-state index in [0.29, 0.717) is 5.69 Å². The number of amides is 3. The molecular formula is C23H27N3O4. The van der Waals surface area contributed by atoms with E-state index in [1.54, 1.807) is 19.1 Å². The lowest BCUT2D eigenvalue weighted by atomic mass is 9.87. The molecule has 0 saturated carbocycles. The van der Waals surface area contributed by atoms with E-state index in [-0.39, 0.29) is 24.9 Å². The number of hydrogen-bond acceptors (Lipinski definition) is 4. The first-order chi connectivity index (χ1) is 14.5. The van der Waals surface area contributed by atoms with E-state index in [4.69, 9.17) is 4.74 Å². The Kier molecular flexibility index (Phi) is 7.43. The molecule has 1 aliphatic carbocycles. The van der Waals surface area contributed by atoms with Crippen molar-refractivity contribution in [2.75, 3.05) is 11.9 Å². The molecule has 0 aliphatic heterocycles. The van der Waals surface area contributed by atoms with E-state index in [9.17, 15) is 14.4 Å². The van der Waals surface area contributed by atoms with Gasteiger partial charge in [0.15, 0.2) is 6.10 Å². The lowest BCUT2D eigenvalue weighted by Crippen LogP contribution is -2.39. The summed E-state index contributed by atoms with van der Waals surface area (Å²) in [7, 11) is 0. The molecule has 0 spiro atoms. The summed E-state index contributed by atoms with van der Waals surface area (Å²) in [6.45, 7) is 1.67. The van der Waals surface area contributed by atoms with Crippen LogP contribution in [0.3, 0.4) is 0 Å². The average molecular weight is 409 g/mol. The summed E-state index contributed by atoms with van der Waals surface area (Å²) in [5.41, 5.74) is 3.04. The Morgan fingerprint density at radius 2 is 1.80 bits per heavy atom. The number of carbonyl (C=O) groups is 3. The molecule has 1 aliphatic rings. The van der Waals surface area contributed by atoms with Crippen molar-refractivity contribution in [3.8, 4) is 0 Å². The smallest absolute Gasteiger partial charge is 0.319 e. The zero-order chi connectivity index (χ0) is 21.3. The van der Waals surface area contributed by atoms with Crippen molar-refractivity contribution in [1.82, 2.24) is 10.6 Å². The summed E-state index contributed by atoms with van der Waals surface area (Å²) in [5, 5.41) is 8.24. The standard InChI is InChI=1S/C23H27N3O4/c1-16(22(28)26-20-13-7-9-17-8-5-6-12-19(17)20)30-21(27)14-15-24-23(29)25-18-10-3-2-4-11-18/h2-6,8,10-12,16,20H,7,9,13-15H2,1H3,(H,26,28)(H2,24,25,29)/t16-,20-/m1/s1. The maximum Gasteiger partial charge on any atom is 0.319 e. The normalized spacial score (nSPS) is 16.0. The van der Waals surface area contributed by atoms with Gasteiger partial charge in [-0.2, -0.15) is 0 Å². The monoisotopic (exact) mass is 409 g/mol. The second-order valence-corrected chi connectivity index (χ2v) is 7.28. The number of benzene rings is 2. The van der Waals surface area contributed by atoms with Crippen LogP contribution in [0.2, 0.25) is 0 Å². The molecule has 7 heteroatoms. The number of carbonyl (C=O) groups excluding carboxylic acids is 3. The molecule has 0 saturated heterocycles. The van der Waals surface area contributed by atoms with Crippen molar-refractivity contribution >= 4 is 23.6 Å². The fourth-order valence-electron chi connectivity index (χ4n) is 3.48. The van der Waals surface area contributed by atoms with Gasteiger partial charge in [0, 0.05) is 12.2 Å². The largest absolute Gasteiger partial charge is 0.452 e. The van der Waals surface area contributed by atoms with Crippen molar-refractivity contribution in [1.29, 1.82) is 0 Å². The first kappa shape index (κ1) is 21.4. The number of ether oxygens (including phenoxy) is 1. The number of hydrogen-bond donors (Lipinski definition) is 3. The molecule has 0 fully saturated rings. The topological polar surface area (TPSA) is 96.5 Å². The molecule has 0 bridgehead atoms. The summed E-state index contributed by atoms with van der Waals surface area (Å²) in [6.07, 6.45) is 1.96. The van der Waals surface area contributed by atoms with Crippen LogP contribution in [0.1, 0.15) is 43.4 Å². The van der Waals surface area contributed by atoms with E-state index < -0.39 is 18.1 Å². The molecule has 158 valence electrons. The van der Waals surface area contributed by atoms with Crippen LogP contribution < -0.4 is 16.0 Å². The summed E-state index contributed by atoms with van der Waals surface area (Å²) in [4.78, 5) is 36.3. The second-order valence-electron chi connectivity index (χ2n) is 7.28. The van der Waals surface area contributed by atoms with Gasteiger partial charge in [-0.25, -0.2) is 4.79 Å². The number of para-hydroxylation sites is 1. The number of aryl methyl sites for hydroxylation is 1. The Balaban J connectivity index is 1.39. The second kappa shape index (κ2) is 10.4. The van der Waals surface area contributed by atoms with Gasteiger partial charge in [-0.1, -0.05) is 42.5 Å². The summed E-state index contributed by atoms with van der Waals surface area (Å²) in [6, 6.07) is 16.6. The Bertz CT molecular complexity index is 885. The molecule has 7 nitrogen and oxygen atoms in total. The lowest BCUT2D eigenvalue weighted by molar-refractivity contribution is -0.155. The molecule has 3 amide bonds. The molecule has 2 aromatic rings. The fraction of sp³-hybridized carbons (Fsp3) is 0.348. The molecule has 2 aromatic carbocycles. The van der Waals surface area contributed by atoms with E-state index >= 15 is 0 Å². The van der Waals surface area contributed by atoms with E-state index in [2.05, 4.69) is 22.0 Å². The summed E-state index contributed by atoms with van der Waals surface area (Å²) < 4.78 is 5.22. The van der Waals surface area contributed by atoms with E-state index in [0.717, 1.165) is 24.8 Å². The van der Waals surface area contributed by atoms with Gasteiger partial charge in [0.1, 0.15) is 0 Å². The number of fused-ring (bicyclic) bond motifs is 1. The molecule has 2 atom stereocenters. The molecule has 0 radical (unpaired) electrons. The van der Waals surface area contributed by atoms with Gasteiger partial charge in [-0.05, 0) is 49.4 Å². The van der Waals surface area contributed by atoms with Crippen LogP contribution in [0.25, 0.3) is 0 Å². The van der Waals surface area contributed by atoms with Crippen molar-refractivity contribution < 1.29 is 19.1 Å². The highest BCUT2D eigenvalue weighted by atomic mass is 16.5. The van der Waals surface area contributed by atoms with Gasteiger partial charge < -0.3 is 20.7 Å². The van der Waals surface area contributed by atoms with Gasteiger partial charge in [-0.3, -0.25) is 9.59 Å². The summed E-state index contributed by atoms with van der Waals surface area (Å²) >= 11 is 0. The highest BCUT2D eigenvalue weighted by molar-refractivity contribution is 5.89. The molecule has 3 rings (SSSR count). The maximum absolute atomic E-state index is 12.5. The first-order valence-electron chi connectivity index (χ1n) is 10.2. The van der Waals surface area contributed by atoms with Crippen molar-refractivity contribution in [3.63, 3.8) is 0 Å². The Morgan fingerprint density at radius 1 is 1.07 bits per heavy atom. The Morgan fingerprint density at radius 3 is 2.60 bits per heavy atom. The zero-order valence-corrected chi connectivity index (χ0v) is 17.0. The van der Waals surface area contributed by atoms with Crippen molar-refractivity contribution in [3.05, 3.63) is 65.7 Å². The minimum absolute atomic E-state index is 0.0217. The Labute approximate surface area is 176 Å². The van der Waals surface area contributed by atoms with Gasteiger partial charge >= 0.3 is 12.0 Å². The number of esters is 1. The number of anilines is 1. The number of nitrogens with one attached hydrogen (secondary N) is 3. The molecular weight excluding hydrogens is 382 g/mol. The quantitative estimate of drug-likeness (QED) is 0.611. The average Bonchev–Trinajstić information content (AvgIpc) is 2.74. The highest BCUT2D eigenvalue weighted by Gasteiger charge is 2.25. The predicted molar refractivity (Wildman–Crippen MR) is 114 cm³/mol. The Hall–Kier alpha value is -3.35. The number of urea groups is 1. The van der Waals surface area contributed by atoms with Crippen molar-refractivity contribution in [2.45, 2.75) is 44.8 Å².